The molecule has 0 spiro atoms. The Kier molecular flexibility index (Phi) is 3.21. The van der Waals surface area contributed by atoms with Crippen LogP contribution in [0.1, 0.15) is 19.8 Å². The van der Waals surface area contributed by atoms with E-state index in [9.17, 15) is 9.59 Å². The molecule has 1 aromatic heterocycles. The highest BCUT2D eigenvalue weighted by molar-refractivity contribution is 5.96. The summed E-state index contributed by atoms with van der Waals surface area (Å²) < 4.78 is 1.29. The van der Waals surface area contributed by atoms with Gasteiger partial charge in [-0.2, -0.15) is 4.68 Å². The highest BCUT2D eigenvalue weighted by atomic mass is 16.2. The molecule has 0 bridgehead atoms. The van der Waals surface area contributed by atoms with Crippen molar-refractivity contribution >= 4 is 17.8 Å². The van der Waals surface area contributed by atoms with Crippen molar-refractivity contribution in [2.24, 2.45) is 5.41 Å². The maximum atomic E-state index is 12.2. The number of nitrogens with zero attached hydrogens (tertiary/aromatic N) is 3. The van der Waals surface area contributed by atoms with E-state index in [0.29, 0.717) is 18.9 Å². The first-order valence-electron chi connectivity index (χ1n) is 6.96. The van der Waals surface area contributed by atoms with E-state index in [-0.39, 0.29) is 17.4 Å². The third-order valence-corrected chi connectivity index (χ3v) is 3.96. The Hall–Kier alpha value is -1.89. The van der Waals surface area contributed by atoms with Gasteiger partial charge in [-0.25, -0.2) is 4.79 Å². The Morgan fingerprint density at radius 3 is 2.70 bits per heavy atom. The Balaban J connectivity index is 1.64. The molecule has 2 N–H and O–H groups in total. The monoisotopic (exact) mass is 277 g/mol. The minimum Gasteiger partial charge on any atom is -0.320 e. The van der Waals surface area contributed by atoms with Crippen LogP contribution in [0.15, 0.2) is 12.3 Å². The molecule has 7 nitrogen and oxygen atoms in total. The van der Waals surface area contributed by atoms with Crippen molar-refractivity contribution in [3.05, 3.63) is 12.3 Å². The largest absolute Gasteiger partial charge is 0.344 e. The number of amides is 2. The Morgan fingerprint density at radius 1 is 1.35 bits per heavy atom. The van der Waals surface area contributed by atoms with Crippen molar-refractivity contribution in [2.45, 2.75) is 19.8 Å². The van der Waals surface area contributed by atoms with Crippen LogP contribution < -0.4 is 10.6 Å². The zero-order chi connectivity index (χ0) is 14.2. The first kappa shape index (κ1) is 13.1. The summed E-state index contributed by atoms with van der Waals surface area (Å²) in [5.41, 5.74) is -0.244. The van der Waals surface area contributed by atoms with E-state index in [2.05, 4.69) is 15.7 Å². The van der Waals surface area contributed by atoms with Gasteiger partial charge in [-0.1, -0.05) is 6.92 Å². The van der Waals surface area contributed by atoms with Gasteiger partial charge >= 0.3 is 6.03 Å². The van der Waals surface area contributed by atoms with E-state index in [0.717, 1.165) is 25.9 Å². The van der Waals surface area contributed by atoms with Crippen molar-refractivity contribution < 1.29 is 9.59 Å². The molecule has 1 aliphatic carbocycles. The third-order valence-electron chi connectivity index (χ3n) is 3.96. The molecule has 2 heterocycles. The predicted molar refractivity (Wildman–Crippen MR) is 73.4 cm³/mol. The molecule has 2 aliphatic rings. The van der Waals surface area contributed by atoms with Crippen LogP contribution in [0.25, 0.3) is 0 Å². The number of carbonyl (C=O) groups excluding carboxylic acids is 2. The smallest absolute Gasteiger partial charge is 0.320 e. The van der Waals surface area contributed by atoms with Gasteiger partial charge in [0.15, 0.2) is 5.82 Å². The maximum Gasteiger partial charge on any atom is 0.344 e. The second kappa shape index (κ2) is 4.90. The third kappa shape index (κ3) is 2.53. The number of rotatable bonds is 2. The minimum atomic E-state index is -0.244. The van der Waals surface area contributed by atoms with Crippen LogP contribution in [0.4, 0.5) is 10.6 Å². The normalized spacial score (nSPS) is 20.6. The molecule has 1 saturated carbocycles. The van der Waals surface area contributed by atoms with Gasteiger partial charge in [0.1, 0.15) is 0 Å². The predicted octanol–water partition coefficient (Wildman–Crippen LogP) is 0.495. The Morgan fingerprint density at radius 2 is 2.05 bits per heavy atom. The quantitative estimate of drug-likeness (QED) is 0.825. The van der Waals surface area contributed by atoms with Crippen LogP contribution in [0.5, 0.6) is 0 Å². The van der Waals surface area contributed by atoms with Gasteiger partial charge in [0, 0.05) is 43.9 Å². The summed E-state index contributed by atoms with van der Waals surface area (Å²) in [6.07, 6.45) is 3.42. The van der Waals surface area contributed by atoms with E-state index in [1.807, 2.05) is 6.92 Å². The fourth-order valence-corrected chi connectivity index (χ4v) is 2.18. The van der Waals surface area contributed by atoms with Crippen molar-refractivity contribution in [3.63, 3.8) is 0 Å². The van der Waals surface area contributed by atoms with Gasteiger partial charge in [0.05, 0.1) is 0 Å². The fourth-order valence-electron chi connectivity index (χ4n) is 2.18. The van der Waals surface area contributed by atoms with Gasteiger partial charge in [0.25, 0.3) is 0 Å². The summed E-state index contributed by atoms with van der Waals surface area (Å²) in [5, 5.41) is 10.1. The second-order valence-corrected chi connectivity index (χ2v) is 5.68. The molecule has 1 saturated heterocycles. The number of piperazine rings is 1. The second-order valence-electron chi connectivity index (χ2n) is 5.68. The van der Waals surface area contributed by atoms with E-state index in [1.165, 1.54) is 4.68 Å². The van der Waals surface area contributed by atoms with Gasteiger partial charge in [-0.15, -0.1) is 5.10 Å². The van der Waals surface area contributed by atoms with E-state index in [4.69, 9.17) is 0 Å². The van der Waals surface area contributed by atoms with Crippen LogP contribution in [0.2, 0.25) is 0 Å². The summed E-state index contributed by atoms with van der Waals surface area (Å²) in [5.74, 6) is 0.420. The fraction of sp³-hybridized carbons (Fsp3) is 0.615. The van der Waals surface area contributed by atoms with E-state index >= 15 is 0 Å². The number of anilines is 1. The van der Waals surface area contributed by atoms with Crippen molar-refractivity contribution in [1.82, 2.24) is 20.0 Å². The van der Waals surface area contributed by atoms with Gasteiger partial charge in [0.2, 0.25) is 5.91 Å². The average Bonchev–Trinajstić information content (AvgIpc) is 3.06. The van der Waals surface area contributed by atoms with E-state index < -0.39 is 0 Å². The number of aromatic nitrogens is 2. The Labute approximate surface area is 117 Å². The zero-order valence-corrected chi connectivity index (χ0v) is 11.6. The lowest BCUT2D eigenvalue weighted by Gasteiger charge is -2.26. The van der Waals surface area contributed by atoms with Gasteiger partial charge < -0.3 is 15.5 Å². The van der Waals surface area contributed by atoms with E-state index in [1.54, 1.807) is 17.2 Å². The van der Waals surface area contributed by atoms with Crippen molar-refractivity contribution in [2.75, 3.05) is 31.5 Å². The van der Waals surface area contributed by atoms with Gasteiger partial charge in [-0.3, -0.25) is 4.79 Å². The number of hydrogen-bond acceptors (Lipinski definition) is 4. The summed E-state index contributed by atoms with van der Waals surface area (Å²) in [6.45, 7) is 4.89. The topological polar surface area (TPSA) is 79.3 Å². The molecule has 3 rings (SSSR count). The average molecular weight is 277 g/mol. The maximum absolute atomic E-state index is 12.2. The zero-order valence-electron chi connectivity index (χ0n) is 11.6. The van der Waals surface area contributed by atoms with Crippen LogP contribution in [-0.2, 0) is 4.79 Å². The standard InChI is InChI=1S/C13H19N5O2/c1-13(3-4-13)11(19)15-10-2-7-18(16-10)12(20)17-8-5-14-6-9-17/h2,7,14H,3-6,8-9H2,1H3,(H,15,16,19). The van der Waals surface area contributed by atoms with Crippen LogP contribution in [0, 0.1) is 5.41 Å². The molecule has 0 atom stereocenters. The highest BCUT2D eigenvalue weighted by Crippen LogP contribution is 2.45. The molecule has 1 aliphatic heterocycles. The molecular weight excluding hydrogens is 258 g/mol. The molecule has 2 amide bonds. The first-order valence-corrected chi connectivity index (χ1v) is 6.96. The molecule has 0 aromatic carbocycles. The Bertz CT molecular complexity index is 529. The number of hydrogen-bond donors (Lipinski definition) is 2. The molecule has 0 radical (unpaired) electrons. The summed E-state index contributed by atoms with van der Waals surface area (Å²) in [6, 6.07) is 1.51. The summed E-state index contributed by atoms with van der Waals surface area (Å²) in [7, 11) is 0. The highest BCUT2D eigenvalue weighted by Gasteiger charge is 2.45. The van der Waals surface area contributed by atoms with Crippen LogP contribution in [-0.4, -0.2) is 52.8 Å². The SMILES string of the molecule is CC1(C(=O)Nc2ccn(C(=O)N3CCNCC3)n2)CC1. The molecule has 1 aromatic rings. The number of nitrogens with one attached hydrogen (secondary N) is 2. The molecular formula is C13H19N5O2. The lowest BCUT2D eigenvalue weighted by molar-refractivity contribution is -0.120. The minimum absolute atomic E-state index is 0.0163. The first-order chi connectivity index (χ1) is 9.58. The summed E-state index contributed by atoms with van der Waals surface area (Å²) >= 11 is 0. The van der Waals surface area contributed by atoms with Gasteiger partial charge in [-0.05, 0) is 12.8 Å². The lowest BCUT2D eigenvalue weighted by atomic mass is 10.1. The number of carbonyl (C=O) groups is 2. The van der Waals surface area contributed by atoms with Crippen LogP contribution in [0.3, 0.4) is 0 Å². The molecule has 7 heteroatoms. The van der Waals surface area contributed by atoms with Crippen molar-refractivity contribution in [1.29, 1.82) is 0 Å². The van der Waals surface area contributed by atoms with Crippen LogP contribution >= 0.6 is 0 Å². The molecule has 108 valence electrons. The molecule has 2 fully saturated rings. The summed E-state index contributed by atoms with van der Waals surface area (Å²) in [4.78, 5) is 25.9. The molecule has 20 heavy (non-hydrogen) atoms. The lowest BCUT2D eigenvalue weighted by Crippen LogP contribution is -2.48. The molecule has 0 unspecified atom stereocenters. The van der Waals surface area contributed by atoms with Crippen molar-refractivity contribution in [3.8, 4) is 0 Å².